The second kappa shape index (κ2) is 24.3. The Kier molecular flexibility index (Phi) is 24.5. The van der Waals surface area contributed by atoms with Crippen molar-refractivity contribution in [3.8, 4) is 12.3 Å². The van der Waals surface area contributed by atoms with Crippen LogP contribution in [0.1, 0.15) is 51.4 Å². The fourth-order valence-corrected chi connectivity index (χ4v) is 1.71. The first-order valence-corrected chi connectivity index (χ1v) is 9.03. The minimum Gasteiger partial charge on any atom is -0.494 e. The van der Waals surface area contributed by atoms with Crippen molar-refractivity contribution in [1.29, 1.82) is 0 Å². The molecule has 140 valence electrons. The van der Waals surface area contributed by atoms with Crippen LogP contribution in [-0.2, 0) is 9.47 Å². The summed E-state index contributed by atoms with van der Waals surface area (Å²) in [6.07, 6.45) is 25.0. The highest BCUT2D eigenvalue weighted by atomic mass is 16.5. The number of terminal acetylenes is 1. The Balaban J connectivity index is 0. The number of hydrogen-bond acceptors (Lipinski definition) is 2. The highest BCUT2D eigenvalue weighted by Crippen LogP contribution is 2.03. The second-order valence-electron chi connectivity index (χ2n) is 5.35. The maximum atomic E-state index is 5.55. The van der Waals surface area contributed by atoms with Gasteiger partial charge in [0, 0.05) is 20.1 Å². The molecule has 0 N–H and O–H groups in total. The topological polar surface area (TPSA) is 18.5 Å². The van der Waals surface area contributed by atoms with Crippen LogP contribution in [0.15, 0.2) is 62.0 Å². The van der Waals surface area contributed by atoms with Crippen molar-refractivity contribution in [1.82, 2.24) is 0 Å². The highest BCUT2D eigenvalue weighted by Gasteiger charge is 1.90. The lowest BCUT2D eigenvalue weighted by Gasteiger charge is -2.04. The highest BCUT2D eigenvalue weighted by molar-refractivity contribution is 5.16. The monoisotopic (exact) mass is 344 g/mol. The second-order valence-corrected chi connectivity index (χ2v) is 5.35. The average Bonchev–Trinajstić information content (AvgIpc) is 2.64. The van der Waals surface area contributed by atoms with Crippen molar-refractivity contribution in [2.45, 2.75) is 51.4 Å². The molecule has 0 saturated carbocycles. The molecule has 2 nitrogen and oxygen atoms in total. The third kappa shape index (κ3) is 24.4. The summed E-state index contributed by atoms with van der Waals surface area (Å²) in [7, 11) is 1.70. The van der Waals surface area contributed by atoms with Crippen molar-refractivity contribution in [2.75, 3.05) is 20.3 Å². The van der Waals surface area contributed by atoms with Gasteiger partial charge in [0.2, 0.25) is 0 Å². The van der Waals surface area contributed by atoms with E-state index < -0.39 is 0 Å². The van der Waals surface area contributed by atoms with Gasteiger partial charge in [-0.1, -0.05) is 30.9 Å². The van der Waals surface area contributed by atoms with Gasteiger partial charge in [0.25, 0.3) is 0 Å². The third-order valence-electron chi connectivity index (χ3n) is 3.12. The first kappa shape index (κ1) is 25.3. The minimum atomic E-state index is 0.716. The maximum Gasteiger partial charge on any atom is 0.118 e. The maximum absolute atomic E-state index is 5.55. The first-order valence-electron chi connectivity index (χ1n) is 9.03. The number of allylic oxidation sites excluding steroid dienone is 6. The summed E-state index contributed by atoms with van der Waals surface area (Å²) < 4.78 is 10.4. The summed E-state index contributed by atoms with van der Waals surface area (Å²) in [5.74, 6) is 3.40. The van der Waals surface area contributed by atoms with E-state index in [1.807, 2.05) is 24.3 Å². The van der Waals surface area contributed by atoms with E-state index in [0.29, 0.717) is 6.61 Å². The summed E-state index contributed by atoms with van der Waals surface area (Å²) >= 11 is 0. The zero-order valence-electron chi connectivity index (χ0n) is 16.1. The molecule has 0 atom stereocenters. The van der Waals surface area contributed by atoms with Crippen LogP contribution in [-0.4, -0.2) is 20.3 Å². The van der Waals surface area contributed by atoms with Gasteiger partial charge in [-0.15, -0.1) is 25.5 Å². The SMILES string of the molecule is C#CCCCCOC.C=CCCC/C=C\C=C(/C=C)OCCCC=C. The molecule has 0 saturated heterocycles. The molecule has 0 bridgehead atoms. The largest absolute Gasteiger partial charge is 0.494 e. The van der Waals surface area contributed by atoms with Gasteiger partial charge in [-0.25, -0.2) is 0 Å². The quantitative estimate of drug-likeness (QED) is 0.113. The van der Waals surface area contributed by atoms with E-state index >= 15 is 0 Å². The van der Waals surface area contributed by atoms with Crippen LogP contribution >= 0.6 is 0 Å². The van der Waals surface area contributed by atoms with Crippen LogP contribution in [0, 0.1) is 12.3 Å². The van der Waals surface area contributed by atoms with Crippen LogP contribution < -0.4 is 0 Å². The molecule has 0 aliphatic heterocycles. The zero-order chi connectivity index (χ0) is 19.0. The van der Waals surface area contributed by atoms with Crippen molar-refractivity contribution < 1.29 is 9.47 Å². The lowest BCUT2D eigenvalue weighted by Crippen LogP contribution is -1.91. The van der Waals surface area contributed by atoms with E-state index in [9.17, 15) is 0 Å². The predicted molar refractivity (Wildman–Crippen MR) is 111 cm³/mol. The number of rotatable bonds is 15. The zero-order valence-corrected chi connectivity index (χ0v) is 16.1. The number of ether oxygens (including phenoxy) is 2. The van der Waals surface area contributed by atoms with E-state index in [0.717, 1.165) is 63.7 Å². The molecule has 0 aliphatic carbocycles. The van der Waals surface area contributed by atoms with E-state index in [-0.39, 0.29) is 0 Å². The Bertz CT molecular complexity index is 410. The lowest BCUT2D eigenvalue weighted by atomic mass is 10.2. The van der Waals surface area contributed by atoms with Gasteiger partial charge in [-0.3, -0.25) is 0 Å². The summed E-state index contributed by atoms with van der Waals surface area (Å²) in [6.45, 7) is 12.6. The summed E-state index contributed by atoms with van der Waals surface area (Å²) in [5.41, 5.74) is 0. The Morgan fingerprint density at radius 1 is 0.960 bits per heavy atom. The fraction of sp³-hybridized carbons (Fsp3) is 0.478. The van der Waals surface area contributed by atoms with Gasteiger partial charge in [0.05, 0.1) is 6.61 Å². The van der Waals surface area contributed by atoms with Gasteiger partial charge < -0.3 is 9.47 Å². The van der Waals surface area contributed by atoms with Crippen LogP contribution in [0.5, 0.6) is 0 Å². The predicted octanol–water partition coefficient (Wildman–Crippen LogP) is 6.39. The molecule has 0 unspecified atom stereocenters. The molecule has 0 rings (SSSR count). The number of hydrogen-bond donors (Lipinski definition) is 0. The molecule has 0 spiro atoms. The molecule has 0 aromatic heterocycles. The van der Waals surface area contributed by atoms with E-state index in [4.69, 9.17) is 15.9 Å². The number of unbranched alkanes of at least 4 members (excludes halogenated alkanes) is 5. The Morgan fingerprint density at radius 3 is 2.28 bits per heavy atom. The summed E-state index contributed by atoms with van der Waals surface area (Å²) in [6, 6.07) is 0. The molecule has 0 aromatic carbocycles. The third-order valence-corrected chi connectivity index (χ3v) is 3.12. The number of methoxy groups -OCH3 is 1. The Morgan fingerprint density at radius 2 is 1.68 bits per heavy atom. The molecule has 0 fully saturated rings. The normalized spacial score (nSPS) is 10.5. The van der Waals surface area contributed by atoms with Gasteiger partial charge in [0.1, 0.15) is 5.76 Å². The molecular formula is C23H36O2. The molecular weight excluding hydrogens is 308 g/mol. The van der Waals surface area contributed by atoms with Gasteiger partial charge >= 0.3 is 0 Å². The Hall–Kier alpha value is -1.98. The molecule has 0 aromatic rings. The van der Waals surface area contributed by atoms with E-state index in [1.165, 1.54) is 0 Å². The molecule has 0 heterocycles. The lowest BCUT2D eigenvalue weighted by molar-refractivity contribution is 0.193. The van der Waals surface area contributed by atoms with Crippen molar-refractivity contribution in [3.05, 3.63) is 62.0 Å². The molecule has 0 radical (unpaired) electrons. The van der Waals surface area contributed by atoms with E-state index in [1.54, 1.807) is 13.2 Å². The van der Waals surface area contributed by atoms with Crippen molar-refractivity contribution >= 4 is 0 Å². The van der Waals surface area contributed by atoms with Crippen LogP contribution in [0.2, 0.25) is 0 Å². The van der Waals surface area contributed by atoms with Crippen molar-refractivity contribution in [3.63, 3.8) is 0 Å². The molecule has 25 heavy (non-hydrogen) atoms. The molecule has 0 amide bonds. The van der Waals surface area contributed by atoms with Gasteiger partial charge in [-0.2, -0.15) is 0 Å². The Labute approximate surface area is 156 Å². The van der Waals surface area contributed by atoms with Crippen LogP contribution in [0.4, 0.5) is 0 Å². The van der Waals surface area contributed by atoms with Crippen LogP contribution in [0.25, 0.3) is 0 Å². The summed E-state index contributed by atoms with van der Waals surface area (Å²) in [4.78, 5) is 0. The minimum absolute atomic E-state index is 0.716. The van der Waals surface area contributed by atoms with Gasteiger partial charge in [0.15, 0.2) is 0 Å². The first-order chi connectivity index (χ1) is 12.3. The van der Waals surface area contributed by atoms with Crippen LogP contribution in [0.3, 0.4) is 0 Å². The summed E-state index contributed by atoms with van der Waals surface area (Å²) in [5, 5.41) is 0. The molecule has 2 heteroatoms. The standard InChI is InChI=1S/C16H24O.C7H12O/c1-4-7-9-10-11-12-14-16(6-3)17-15-13-8-5-2;1-3-4-5-6-7-8-2/h4-6,11-12,14H,1-3,7-10,13,15H2;1H,4-7H2,2H3/b12-11-,16-14+;. The average molecular weight is 345 g/mol. The molecule has 0 aliphatic rings. The van der Waals surface area contributed by atoms with Crippen molar-refractivity contribution in [2.24, 2.45) is 0 Å². The smallest absolute Gasteiger partial charge is 0.118 e. The fourth-order valence-electron chi connectivity index (χ4n) is 1.71. The van der Waals surface area contributed by atoms with Gasteiger partial charge in [-0.05, 0) is 57.1 Å². The van der Waals surface area contributed by atoms with E-state index in [2.05, 4.69) is 31.7 Å².